The smallest absolute Gasteiger partial charge is 0.155 e. The van der Waals surface area contributed by atoms with Gasteiger partial charge in [-0.15, -0.1) is 6.42 Å². The first kappa shape index (κ1) is 6.52. The fraction of sp³-hybridized carbons (Fsp3) is 0.667. The maximum absolute atomic E-state index is 10.4. The molecule has 0 N–H and O–H groups in total. The quantitative estimate of drug-likeness (QED) is 0.436. The molecule has 0 saturated carbocycles. The van der Waals surface area contributed by atoms with Crippen molar-refractivity contribution in [2.24, 2.45) is 5.92 Å². The minimum absolute atomic E-state index is 0.0741. The third-order valence-electron chi connectivity index (χ3n) is 0.770. The zero-order valence-corrected chi connectivity index (χ0v) is 4.64. The molecular weight excluding hydrogens is 88.1 g/mol. The molecule has 0 heterocycles. The van der Waals surface area contributed by atoms with E-state index in [1.807, 2.05) is 13.8 Å². The average molecular weight is 97.1 g/mol. The van der Waals surface area contributed by atoms with E-state index in [1.165, 1.54) is 0 Å². The van der Waals surface area contributed by atoms with Gasteiger partial charge in [0, 0.05) is 0 Å². The van der Waals surface area contributed by atoms with Gasteiger partial charge in [0.05, 0.1) is 0 Å². The summed E-state index contributed by atoms with van der Waals surface area (Å²) in [6, 6.07) is 0. The van der Waals surface area contributed by atoms with E-state index in [1.54, 1.807) is 0 Å². The summed E-state index contributed by atoms with van der Waals surface area (Å²) in [6.07, 6.45) is 3.99. The molecule has 1 nitrogen and oxygen atoms in total. The normalized spacial score (nSPS) is 13.6. The number of rotatable bonds is 1. The van der Waals surface area contributed by atoms with Gasteiger partial charge in [0.2, 0.25) is 0 Å². The molecule has 0 saturated heterocycles. The number of terminal acetylenes is 1. The predicted octanol–water partition coefficient (Wildman–Crippen LogP) is 1.07. The van der Waals surface area contributed by atoms with Crippen molar-refractivity contribution in [3.8, 4) is 12.3 Å². The average Bonchev–Trinajstić information content (AvgIpc) is 1.65. The molecular formula is C6H9O. The minimum Gasteiger partial charge on any atom is -0.219 e. The van der Waals surface area contributed by atoms with Crippen LogP contribution in [0.15, 0.2) is 0 Å². The summed E-state index contributed by atoms with van der Waals surface area (Å²) >= 11 is 0. The molecule has 0 aromatic heterocycles. The van der Waals surface area contributed by atoms with Crippen LogP contribution >= 0.6 is 0 Å². The lowest BCUT2D eigenvalue weighted by molar-refractivity contribution is 0.0982. The summed E-state index contributed by atoms with van der Waals surface area (Å²) in [5.74, 6) is 2.18. The molecule has 0 aromatic rings. The van der Waals surface area contributed by atoms with Crippen molar-refractivity contribution in [1.82, 2.24) is 0 Å². The van der Waals surface area contributed by atoms with Crippen molar-refractivity contribution in [3.05, 3.63) is 0 Å². The van der Waals surface area contributed by atoms with Gasteiger partial charge in [0.25, 0.3) is 0 Å². The standard InChI is InChI=1S/C6H9O/c1-4-6(7)5(2)3/h1,5-6H,2-3H3. The molecule has 0 aliphatic heterocycles. The molecule has 1 atom stereocenters. The lowest BCUT2D eigenvalue weighted by Gasteiger charge is -2.00. The summed E-state index contributed by atoms with van der Waals surface area (Å²) in [5, 5.41) is 10.4. The van der Waals surface area contributed by atoms with Crippen molar-refractivity contribution < 1.29 is 5.11 Å². The van der Waals surface area contributed by atoms with Gasteiger partial charge >= 0.3 is 0 Å². The van der Waals surface area contributed by atoms with E-state index in [2.05, 4.69) is 5.92 Å². The lowest BCUT2D eigenvalue weighted by Crippen LogP contribution is -2.08. The van der Waals surface area contributed by atoms with Crippen LogP contribution in [0.5, 0.6) is 0 Å². The van der Waals surface area contributed by atoms with Crippen LogP contribution in [0, 0.1) is 18.3 Å². The Morgan fingerprint density at radius 1 is 1.57 bits per heavy atom. The van der Waals surface area contributed by atoms with Crippen LogP contribution in [0.2, 0.25) is 0 Å². The molecule has 0 rings (SSSR count). The molecule has 1 unspecified atom stereocenters. The molecule has 0 spiro atoms. The van der Waals surface area contributed by atoms with Gasteiger partial charge < -0.3 is 0 Å². The first-order valence-corrected chi connectivity index (χ1v) is 2.30. The number of hydrogen-bond donors (Lipinski definition) is 0. The van der Waals surface area contributed by atoms with Gasteiger partial charge in [-0.2, -0.15) is 0 Å². The fourth-order valence-electron chi connectivity index (χ4n) is 0.192. The van der Waals surface area contributed by atoms with Gasteiger partial charge in [-0.05, 0) is 5.92 Å². The Morgan fingerprint density at radius 3 is 2.00 bits per heavy atom. The Hall–Kier alpha value is -0.480. The predicted molar refractivity (Wildman–Crippen MR) is 28.1 cm³/mol. The summed E-state index contributed by atoms with van der Waals surface area (Å²) in [5.41, 5.74) is 0. The molecule has 0 aliphatic carbocycles. The zero-order valence-electron chi connectivity index (χ0n) is 4.64. The molecule has 0 aliphatic rings. The Kier molecular flexibility index (Phi) is 2.47. The Labute approximate surface area is 44.4 Å². The van der Waals surface area contributed by atoms with Gasteiger partial charge in [-0.25, -0.2) is 5.11 Å². The first-order valence-electron chi connectivity index (χ1n) is 2.30. The third-order valence-corrected chi connectivity index (χ3v) is 0.770. The van der Waals surface area contributed by atoms with E-state index in [4.69, 9.17) is 6.42 Å². The second kappa shape index (κ2) is 2.65. The molecule has 0 aromatic carbocycles. The maximum atomic E-state index is 10.4. The monoisotopic (exact) mass is 97.1 g/mol. The van der Waals surface area contributed by atoms with Gasteiger partial charge in [-0.3, -0.25) is 0 Å². The van der Waals surface area contributed by atoms with Crippen LogP contribution in [0.4, 0.5) is 0 Å². The fourth-order valence-corrected chi connectivity index (χ4v) is 0.192. The highest BCUT2D eigenvalue weighted by Crippen LogP contribution is 1.97. The highest BCUT2D eigenvalue weighted by Gasteiger charge is 2.04. The summed E-state index contributed by atoms with van der Waals surface area (Å²) in [6.45, 7) is 3.63. The number of hydrogen-bond acceptors (Lipinski definition) is 0. The largest absolute Gasteiger partial charge is 0.219 e. The van der Waals surface area contributed by atoms with E-state index >= 15 is 0 Å². The van der Waals surface area contributed by atoms with E-state index < -0.39 is 6.10 Å². The van der Waals surface area contributed by atoms with Crippen LogP contribution in [0.25, 0.3) is 0 Å². The minimum atomic E-state index is -0.819. The van der Waals surface area contributed by atoms with Crippen molar-refractivity contribution in [3.63, 3.8) is 0 Å². The summed E-state index contributed by atoms with van der Waals surface area (Å²) < 4.78 is 0. The SMILES string of the molecule is C#CC([O])C(C)C. The molecule has 0 bridgehead atoms. The van der Waals surface area contributed by atoms with E-state index in [9.17, 15) is 5.11 Å². The molecule has 1 radical (unpaired) electrons. The summed E-state index contributed by atoms with van der Waals surface area (Å²) in [4.78, 5) is 0. The van der Waals surface area contributed by atoms with Gasteiger partial charge in [0.1, 0.15) is 0 Å². The third kappa shape index (κ3) is 2.24. The Bertz CT molecular complexity index is 78.7. The molecule has 0 amide bonds. The lowest BCUT2D eigenvalue weighted by atomic mass is 10.1. The van der Waals surface area contributed by atoms with Crippen molar-refractivity contribution in [1.29, 1.82) is 0 Å². The van der Waals surface area contributed by atoms with Crippen molar-refractivity contribution >= 4 is 0 Å². The highest BCUT2D eigenvalue weighted by atomic mass is 16.3. The zero-order chi connectivity index (χ0) is 5.86. The Morgan fingerprint density at radius 2 is 2.00 bits per heavy atom. The van der Waals surface area contributed by atoms with E-state index in [0.29, 0.717) is 0 Å². The second-order valence-corrected chi connectivity index (χ2v) is 1.83. The van der Waals surface area contributed by atoms with Gasteiger partial charge in [0.15, 0.2) is 6.10 Å². The van der Waals surface area contributed by atoms with Crippen LogP contribution in [0.3, 0.4) is 0 Å². The van der Waals surface area contributed by atoms with Crippen LogP contribution in [-0.2, 0) is 5.11 Å². The van der Waals surface area contributed by atoms with E-state index in [-0.39, 0.29) is 5.92 Å². The van der Waals surface area contributed by atoms with Crippen molar-refractivity contribution in [2.75, 3.05) is 0 Å². The summed E-state index contributed by atoms with van der Waals surface area (Å²) in [7, 11) is 0. The second-order valence-electron chi connectivity index (χ2n) is 1.83. The topological polar surface area (TPSA) is 19.9 Å². The van der Waals surface area contributed by atoms with E-state index in [0.717, 1.165) is 0 Å². The van der Waals surface area contributed by atoms with Gasteiger partial charge in [-0.1, -0.05) is 19.8 Å². The van der Waals surface area contributed by atoms with Crippen LogP contribution < -0.4 is 0 Å². The molecule has 1 heteroatoms. The highest BCUT2D eigenvalue weighted by molar-refractivity contribution is 4.94. The maximum Gasteiger partial charge on any atom is 0.155 e. The molecule has 7 heavy (non-hydrogen) atoms. The van der Waals surface area contributed by atoms with Crippen molar-refractivity contribution in [2.45, 2.75) is 20.0 Å². The Balaban J connectivity index is 3.40. The van der Waals surface area contributed by atoms with Crippen LogP contribution in [0.1, 0.15) is 13.8 Å². The first-order chi connectivity index (χ1) is 3.18. The molecule has 39 valence electrons. The van der Waals surface area contributed by atoms with Crippen LogP contribution in [-0.4, -0.2) is 6.10 Å². The molecule has 0 fully saturated rings.